The van der Waals surface area contributed by atoms with E-state index in [1.165, 1.54) is 0 Å². The van der Waals surface area contributed by atoms with E-state index < -0.39 is 0 Å². The summed E-state index contributed by atoms with van der Waals surface area (Å²) in [5, 5.41) is 12.4. The largest absolute Gasteiger partial charge is 0.493 e. The molecule has 33 heavy (non-hydrogen) atoms. The molecule has 9 heteroatoms. The number of amides is 1. The predicted octanol–water partition coefficient (Wildman–Crippen LogP) is 5.55. The first-order chi connectivity index (χ1) is 16.0. The highest BCUT2D eigenvalue weighted by Gasteiger charge is 2.21. The van der Waals surface area contributed by atoms with Crippen LogP contribution in [0.2, 0.25) is 5.02 Å². The maximum absolute atomic E-state index is 11.9. The molecule has 0 aliphatic carbocycles. The monoisotopic (exact) mass is 484 g/mol. The second-order valence-corrected chi connectivity index (χ2v) is 8.46. The molecule has 0 saturated carbocycles. The lowest BCUT2D eigenvalue weighted by Gasteiger charge is -2.18. The number of nitrogens with zero attached hydrogens (tertiary/aromatic N) is 3. The zero-order valence-electron chi connectivity index (χ0n) is 18.7. The Bertz CT molecular complexity index is 1120. The number of halogens is 1. The van der Waals surface area contributed by atoms with E-state index in [1.807, 2.05) is 24.3 Å². The lowest BCUT2D eigenvalue weighted by molar-refractivity contribution is 0.268. The van der Waals surface area contributed by atoms with Crippen LogP contribution in [0.25, 0.3) is 6.08 Å². The summed E-state index contributed by atoms with van der Waals surface area (Å²) < 4.78 is 11.4. The van der Waals surface area contributed by atoms with Crippen LogP contribution in [-0.2, 0) is 0 Å². The van der Waals surface area contributed by atoms with Crippen molar-refractivity contribution in [2.45, 2.75) is 13.8 Å². The fourth-order valence-corrected chi connectivity index (χ4v) is 4.14. The minimum absolute atomic E-state index is 0.240. The zero-order valence-corrected chi connectivity index (χ0v) is 20.3. The maximum Gasteiger partial charge on any atom is 0.311 e. The number of nitriles is 1. The Balaban J connectivity index is 1.75. The Morgan fingerprint density at radius 2 is 2.00 bits per heavy atom. The molecule has 0 spiro atoms. The van der Waals surface area contributed by atoms with Crippen LogP contribution in [0.5, 0.6) is 17.2 Å². The summed E-state index contributed by atoms with van der Waals surface area (Å²) in [5.41, 5.74) is 1.22. The number of hydrogen-bond acceptors (Lipinski definition) is 7. The van der Waals surface area contributed by atoms with Crippen LogP contribution in [-0.4, -0.2) is 49.3 Å². The lowest BCUT2D eigenvalue weighted by atomic mass is 10.1. The summed E-state index contributed by atoms with van der Waals surface area (Å²) in [6.07, 6.45) is 1.89. The van der Waals surface area contributed by atoms with Crippen LogP contribution in [0, 0.1) is 11.3 Å². The van der Waals surface area contributed by atoms with Crippen LogP contribution >= 0.6 is 23.4 Å². The topological polar surface area (TPSA) is 87.0 Å². The third kappa shape index (κ3) is 6.51. The van der Waals surface area contributed by atoms with Gasteiger partial charge < -0.3 is 19.7 Å². The zero-order chi connectivity index (χ0) is 23.8. The van der Waals surface area contributed by atoms with Crippen LogP contribution in [0.4, 0.5) is 4.79 Å². The van der Waals surface area contributed by atoms with Crippen LogP contribution in [0.1, 0.15) is 25.0 Å². The highest BCUT2D eigenvalue weighted by Crippen LogP contribution is 2.35. The SMILES string of the molecule is CCN(CC)CCNC1=NC(=O)SC1=Cc1ccc(Oc2ccc(C#N)c(Cl)c2)c(OC)c1. The quantitative estimate of drug-likeness (QED) is 0.499. The molecule has 2 aromatic carbocycles. The highest BCUT2D eigenvalue weighted by molar-refractivity contribution is 8.18. The van der Waals surface area contributed by atoms with E-state index in [2.05, 4.69) is 29.1 Å². The molecule has 0 atom stereocenters. The van der Waals surface area contributed by atoms with E-state index in [0.29, 0.717) is 40.2 Å². The van der Waals surface area contributed by atoms with Gasteiger partial charge in [-0.2, -0.15) is 10.3 Å². The lowest BCUT2D eigenvalue weighted by Crippen LogP contribution is -2.34. The number of nitrogens with one attached hydrogen (secondary N) is 1. The molecule has 1 amide bonds. The van der Waals surface area contributed by atoms with Crippen molar-refractivity contribution in [3.63, 3.8) is 0 Å². The summed E-state index contributed by atoms with van der Waals surface area (Å²) in [4.78, 5) is 19.1. The Morgan fingerprint density at radius 3 is 2.67 bits per heavy atom. The molecule has 3 rings (SSSR count). The molecule has 2 aromatic rings. The van der Waals surface area contributed by atoms with Crippen LogP contribution < -0.4 is 14.8 Å². The van der Waals surface area contributed by atoms with Gasteiger partial charge in [-0.15, -0.1) is 0 Å². The van der Waals surface area contributed by atoms with Crippen molar-refractivity contribution in [2.75, 3.05) is 33.3 Å². The molecule has 0 radical (unpaired) electrons. The number of ether oxygens (including phenoxy) is 2. The number of hydrogen-bond donors (Lipinski definition) is 1. The molecule has 0 fully saturated rings. The van der Waals surface area contributed by atoms with E-state index in [-0.39, 0.29) is 5.24 Å². The maximum atomic E-state index is 11.9. The summed E-state index contributed by atoms with van der Waals surface area (Å²) in [7, 11) is 1.56. The van der Waals surface area contributed by atoms with Crippen molar-refractivity contribution in [2.24, 2.45) is 4.99 Å². The van der Waals surface area contributed by atoms with Crippen molar-refractivity contribution >= 4 is 40.5 Å². The standard InChI is InChI=1S/C24H25ClN4O3S/c1-4-29(5-2)11-10-27-23-22(33-24(30)28-23)13-16-6-9-20(21(12-16)31-3)32-18-8-7-17(15-26)19(25)14-18/h6-9,12-14H,4-5,10-11H2,1-3H3,(H,27,28,30). The number of amidine groups is 1. The average molecular weight is 485 g/mol. The molecule has 0 unspecified atom stereocenters. The first-order valence-electron chi connectivity index (χ1n) is 10.5. The minimum Gasteiger partial charge on any atom is -0.493 e. The molecule has 1 N–H and O–H groups in total. The first kappa shape index (κ1) is 24.6. The molecule has 7 nitrogen and oxygen atoms in total. The number of carbonyl (C=O) groups excluding carboxylic acids is 1. The van der Waals surface area contributed by atoms with Crippen molar-refractivity contribution in [3.05, 3.63) is 57.5 Å². The number of likely N-dealkylation sites (N-methyl/N-ethyl adjacent to an activating group) is 1. The van der Waals surface area contributed by atoms with E-state index in [4.69, 9.17) is 26.3 Å². The summed E-state index contributed by atoms with van der Waals surface area (Å²) >= 11 is 7.19. The van der Waals surface area contributed by atoms with Gasteiger partial charge in [-0.1, -0.05) is 31.5 Å². The minimum atomic E-state index is -0.240. The van der Waals surface area contributed by atoms with E-state index in [0.717, 1.165) is 41.9 Å². The van der Waals surface area contributed by atoms with Gasteiger partial charge in [-0.3, -0.25) is 4.79 Å². The van der Waals surface area contributed by atoms with Crippen molar-refractivity contribution in [1.29, 1.82) is 5.26 Å². The second-order valence-electron chi connectivity index (χ2n) is 7.06. The Labute approximate surface area is 203 Å². The molecular formula is C24H25ClN4O3S. The van der Waals surface area contributed by atoms with Gasteiger partial charge in [0.2, 0.25) is 0 Å². The van der Waals surface area contributed by atoms with Crippen molar-refractivity contribution < 1.29 is 14.3 Å². The molecule has 0 aromatic heterocycles. The van der Waals surface area contributed by atoms with Crippen molar-refractivity contribution in [3.8, 4) is 23.3 Å². The third-order valence-electron chi connectivity index (χ3n) is 5.02. The second kappa shape index (κ2) is 11.8. The number of aliphatic imine (C=N–C) groups is 1. The molecule has 1 aliphatic rings. The van der Waals surface area contributed by atoms with E-state index in [9.17, 15) is 4.79 Å². The third-order valence-corrected chi connectivity index (χ3v) is 6.13. The van der Waals surface area contributed by atoms with Crippen molar-refractivity contribution in [1.82, 2.24) is 10.2 Å². The van der Waals surface area contributed by atoms with Crippen LogP contribution in [0.3, 0.4) is 0 Å². The molecule has 0 bridgehead atoms. The Kier molecular flexibility index (Phi) is 8.78. The fourth-order valence-electron chi connectivity index (χ4n) is 3.19. The molecule has 172 valence electrons. The molecule has 0 saturated heterocycles. The van der Waals surface area contributed by atoms with Gasteiger partial charge in [0.15, 0.2) is 11.5 Å². The Hall–Kier alpha value is -2.99. The predicted molar refractivity (Wildman–Crippen MR) is 133 cm³/mol. The normalized spacial score (nSPS) is 14.4. The molecular weight excluding hydrogens is 460 g/mol. The average Bonchev–Trinajstić information content (AvgIpc) is 3.16. The number of carbonyl (C=O) groups is 1. The van der Waals surface area contributed by atoms with Gasteiger partial charge in [-0.25, -0.2) is 0 Å². The van der Waals surface area contributed by atoms with Gasteiger partial charge in [0.1, 0.15) is 17.7 Å². The summed E-state index contributed by atoms with van der Waals surface area (Å²) in [6, 6.07) is 12.4. The summed E-state index contributed by atoms with van der Waals surface area (Å²) in [6.45, 7) is 7.77. The molecule has 1 aliphatic heterocycles. The number of rotatable bonds is 9. The highest BCUT2D eigenvalue weighted by atomic mass is 35.5. The number of thioether (sulfide) groups is 1. The first-order valence-corrected chi connectivity index (χ1v) is 11.7. The smallest absolute Gasteiger partial charge is 0.311 e. The van der Waals surface area contributed by atoms with Gasteiger partial charge in [0, 0.05) is 19.2 Å². The van der Waals surface area contributed by atoms with Gasteiger partial charge in [0.25, 0.3) is 0 Å². The van der Waals surface area contributed by atoms with Gasteiger partial charge >= 0.3 is 5.24 Å². The Morgan fingerprint density at radius 1 is 1.21 bits per heavy atom. The number of benzene rings is 2. The van der Waals surface area contributed by atoms with Gasteiger partial charge in [-0.05, 0) is 60.8 Å². The molecule has 1 heterocycles. The van der Waals surface area contributed by atoms with Gasteiger partial charge in [0.05, 0.1) is 22.6 Å². The van der Waals surface area contributed by atoms with Crippen LogP contribution in [0.15, 0.2) is 46.3 Å². The van der Waals surface area contributed by atoms with E-state index in [1.54, 1.807) is 31.4 Å². The summed E-state index contributed by atoms with van der Waals surface area (Å²) in [5.74, 6) is 2.10. The van der Waals surface area contributed by atoms with E-state index >= 15 is 0 Å². The fraction of sp³-hybridized carbons (Fsp3) is 0.292. The number of methoxy groups -OCH3 is 1.